The van der Waals surface area contributed by atoms with E-state index >= 15 is 0 Å². The Kier molecular flexibility index (Phi) is 5.00. The minimum absolute atomic E-state index is 0.00111. The Bertz CT molecular complexity index is 596. The largest absolute Gasteiger partial charge is 0.466 e. The van der Waals surface area contributed by atoms with E-state index in [9.17, 15) is 18.0 Å². The van der Waals surface area contributed by atoms with Crippen LogP contribution in [0.1, 0.15) is 12.5 Å². The highest BCUT2D eigenvalue weighted by Gasteiger charge is 2.11. The number of esters is 1. The van der Waals surface area contributed by atoms with E-state index in [-0.39, 0.29) is 17.1 Å². The fraction of sp³-hybridized carbons (Fsp3) is 0.231. The van der Waals surface area contributed by atoms with E-state index in [2.05, 4.69) is 4.74 Å². The highest BCUT2D eigenvalue weighted by atomic mass is 32.2. The SMILES string of the molecule is COC(=O)/C=C/S(=O)(=O)c1ccc(CC(C)=O)cc1. The van der Waals surface area contributed by atoms with Crippen LogP contribution in [0.3, 0.4) is 0 Å². The third-order valence-corrected chi connectivity index (χ3v) is 3.71. The van der Waals surface area contributed by atoms with Crippen molar-refractivity contribution in [2.24, 2.45) is 0 Å². The molecule has 0 heterocycles. The lowest BCUT2D eigenvalue weighted by molar-refractivity contribution is -0.134. The van der Waals surface area contributed by atoms with Crippen LogP contribution < -0.4 is 0 Å². The number of hydrogen-bond acceptors (Lipinski definition) is 5. The summed E-state index contributed by atoms with van der Waals surface area (Å²) in [5.41, 5.74) is 0.739. The van der Waals surface area contributed by atoms with Gasteiger partial charge in [0.15, 0.2) is 9.84 Å². The molecule has 102 valence electrons. The van der Waals surface area contributed by atoms with Crippen molar-refractivity contribution in [2.75, 3.05) is 7.11 Å². The number of methoxy groups -OCH3 is 1. The van der Waals surface area contributed by atoms with Crippen molar-refractivity contribution >= 4 is 21.6 Å². The van der Waals surface area contributed by atoms with Crippen LogP contribution in [0.4, 0.5) is 0 Å². The first-order valence-electron chi connectivity index (χ1n) is 5.44. The fourth-order valence-electron chi connectivity index (χ4n) is 1.38. The molecule has 0 bridgehead atoms. The molecule has 0 radical (unpaired) electrons. The highest BCUT2D eigenvalue weighted by molar-refractivity contribution is 7.94. The molecule has 1 aromatic rings. The zero-order valence-corrected chi connectivity index (χ0v) is 11.4. The number of ketones is 1. The van der Waals surface area contributed by atoms with E-state index in [0.717, 1.165) is 24.2 Å². The van der Waals surface area contributed by atoms with E-state index in [1.165, 1.54) is 19.1 Å². The van der Waals surface area contributed by atoms with E-state index in [0.29, 0.717) is 0 Å². The third kappa shape index (κ3) is 4.67. The number of sulfone groups is 1. The molecule has 0 atom stereocenters. The second kappa shape index (κ2) is 6.29. The summed E-state index contributed by atoms with van der Waals surface area (Å²) in [6, 6.07) is 5.94. The molecule has 0 saturated carbocycles. The van der Waals surface area contributed by atoms with Gasteiger partial charge in [-0.05, 0) is 24.6 Å². The molecule has 0 unspecified atom stereocenters. The zero-order chi connectivity index (χ0) is 14.5. The van der Waals surface area contributed by atoms with Crippen LogP contribution in [-0.4, -0.2) is 27.3 Å². The van der Waals surface area contributed by atoms with Crippen LogP contribution in [0.2, 0.25) is 0 Å². The molecule has 0 aliphatic rings. The maximum Gasteiger partial charge on any atom is 0.331 e. The van der Waals surface area contributed by atoms with Crippen LogP contribution in [0.25, 0.3) is 0 Å². The van der Waals surface area contributed by atoms with Gasteiger partial charge in [-0.3, -0.25) is 4.79 Å². The van der Waals surface area contributed by atoms with E-state index < -0.39 is 15.8 Å². The number of hydrogen-bond donors (Lipinski definition) is 0. The van der Waals surface area contributed by atoms with Crippen molar-refractivity contribution in [1.29, 1.82) is 0 Å². The van der Waals surface area contributed by atoms with Crippen LogP contribution in [-0.2, 0) is 30.6 Å². The first-order chi connectivity index (χ1) is 8.85. The number of carbonyl (C=O) groups is 2. The van der Waals surface area contributed by atoms with Crippen molar-refractivity contribution in [1.82, 2.24) is 0 Å². The smallest absolute Gasteiger partial charge is 0.331 e. The minimum atomic E-state index is -3.68. The Morgan fingerprint density at radius 1 is 1.21 bits per heavy atom. The van der Waals surface area contributed by atoms with Gasteiger partial charge in [-0.2, -0.15) is 0 Å². The Morgan fingerprint density at radius 2 is 1.79 bits per heavy atom. The molecule has 5 nitrogen and oxygen atoms in total. The molecule has 19 heavy (non-hydrogen) atoms. The van der Waals surface area contributed by atoms with Crippen LogP contribution in [0.5, 0.6) is 0 Å². The van der Waals surface area contributed by atoms with Crippen LogP contribution in [0.15, 0.2) is 40.6 Å². The predicted octanol–water partition coefficient (Wildman–Crippen LogP) is 1.28. The van der Waals surface area contributed by atoms with Crippen LogP contribution in [0, 0.1) is 0 Å². The van der Waals surface area contributed by atoms with Gasteiger partial charge >= 0.3 is 5.97 Å². The molecule has 6 heteroatoms. The first-order valence-corrected chi connectivity index (χ1v) is 6.99. The average molecular weight is 282 g/mol. The summed E-state index contributed by atoms with van der Waals surface area (Å²) < 4.78 is 28.0. The molecule has 0 fully saturated rings. The quantitative estimate of drug-likeness (QED) is 0.600. The minimum Gasteiger partial charge on any atom is -0.466 e. The van der Waals surface area contributed by atoms with Crippen molar-refractivity contribution < 1.29 is 22.7 Å². The first kappa shape index (κ1) is 15.1. The van der Waals surface area contributed by atoms with Crippen molar-refractivity contribution in [3.8, 4) is 0 Å². The lowest BCUT2D eigenvalue weighted by Gasteiger charge is -2.01. The summed E-state index contributed by atoms with van der Waals surface area (Å²) in [4.78, 5) is 21.8. The summed E-state index contributed by atoms with van der Waals surface area (Å²) in [6.07, 6.45) is 1.11. The number of carbonyl (C=O) groups excluding carboxylic acids is 2. The van der Waals surface area contributed by atoms with Crippen molar-refractivity contribution in [3.63, 3.8) is 0 Å². The Balaban J connectivity index is 2.94. The maximum atomic E-state index is 11.8. The summed E-state index contributed by atoms with van der Waals surface area (Å²) in [5, 5.41) is 0.790. The van der Waals surface area contributed by atoms with E-state index in [4.69, 9.17) is 0 Å². The molecule has 0 N–H and O–H groups in total. The van der Waals surface area contributed by atoms with Gasteiger partial charge in [0.2, 0.25) is 0 Å². The molecule has 0 saturated heterocycles. The molecule has 0 aliphatic heterocycles. The molecule has 1 aromatic carbocycles. The summed E-state index contributed by atoms with van der Waals surface area (Å²) in [5.74, 6) is -0.738. The van der Waals surface area contributed by atoms with Gasteiger partial charge in [-0.25, -0.2) is 13.2 Å². The monoisotopic (exact) mass is 282 g/mol. The third-order valence-electron chi connectivity index (χ3n) is 2.29. The summed E-state index contributed by atoms with van der Waals surface area (Å²) in [6.45, 7) is 1.46. The maximum absolute atomic E-state index is 11.8. The molecule has 0 aromatic heterocycles. The number of ether oxygens (including phenoxy) is 1. The highest BCUT2D eigenvalue weighted by Crippen LogP contribution is 2.14. The van der Waals surface area contributed by atoms with Gasteiger partial charge in [0.1, 0.15) is 5.78 Å². The van der Waals surface area contributed by atoms with Crippen molar-refractivity contribution in [2.45, 2.75) is 18.2 Å². The van der Waals surface area contributed by atoms with Gasteiger partial charge in [-0.15, -0.1) is 0 Å². The molecular weight excluding hydrogens is 268 g/mol. The van der Waals surface area contributed by atoms with Crippen LogP contribution >= 0.6 is 0 Å². The topological polar surface area (TPSA) is 77.5 Å². The number of benzene rings is 1. The average Bonchev–Trinajstić information content (AvgIpc) is 2.36. The second-order valence-electron chi connectivity index (χ2n) is 3.89. The number of rotatable bonds is 5. The Labute approximate surface area is 111 Å². The fourth-order valence-corrected chi connectivity index (χ4v) is 2.34. The summed E-state index contributed by atoms with van der Waals surface area (Å²) >= 11 is 0. The summed E-state index contributed by atoms with van der Waals surface area (Å²) in [7, 11) is -2.51. The van der Waals surface area contributed by atoms with E-state index in [1.807, 2.05) is 0 Å². The Morgan fingerprint density at radius 3 is 2.26 bits per heavy atom. The zero-order valence-electron chi connectivity index (χ0n) is 10.6. The molecule has 0 aliphatic carbocycles. The van der Waals surface area contributed by atoms with Gasteiger partial charge in [-0.1, -0.05) is 12.1 Å². The Hall–Kier alpha value is -1.95. The molecule has 1 rings (SSSR count). The molecule has 0 spiro atoms. The lowest BCUT2D eigenvalue weighted by atomic mass is 10.1. The van der Waals surface area contributed by atoms with Gasteiger partial charge in [0.05, 0.1) is 12.0 Å². The lowest BCUT2D eigenvalue weighted by Crippen LogP contribution is -2.01. The second-order valence-corrected chi connectivity index (χ2v) is 5.73. The van der Waals surface area contributed by atoms with Gasteiger partial charge < -0.3 is 4.74 Å². The predicted molar refractivity (Wildman–Crippen MR) is 69.2 cm³/mol. The van der Waals surface area contributed by atoms with Gasteiger partial charge in [0, 0.05) is 17.9 Å². The van der Waals surface area contributed by atoms with Crippen molar-refractivity contribution in [3.05, 3.63) is 41.3 Å². The number of Topliss-reactive ketones (excluding diaryl/α,β-unsaturated/α-hetero) is 1. The van der Waals surface area contributed by atoms with E-state index in [1.54, 1.807) is 12.1 Å². The normalized spacial score (nSPS) is 11.5. The molecular formula is C13H14O5S. The standard InChI is InChI=1S/C13H14O5S/c1-10(14)9-11-3-5-12(6-4-11)19(16,17)8-7-13(15)18-2/h3-8H,9H2,1-2H3/b8-7+. The molecule has 0 amide bonds. The van der Waals surface area contributed by atoms with Gasteiger partial charge in [0.25, 0.3) is 0 Å².